The van der Waals surface area contributed by atoms with Gasteiger partial charge in [-0.2, -0.15) is 0 Å². The van der Waals surface area contributed by atoms with Crippen molar-refractivity contribution < 1.29 is 4.43 Å². The van der Waals surface area contributed by atoms with E-state index in [9.17, 15) is 0 Å². The molecule has 0 amide bonds. The smallest absolute Gasteiger partial charge is 0.250 e. The van der Waals surface area contributed by atoms with Crippen molar-refractivity contribution >= 4 is 14.0 Å². The van der Waals surface area contributed by atoms with Crippen LogP contribution in [0, 0.1) is 0 Å². The number of rotatable bonds is 3. The first kappa shape index (κ1) is 15.6. The van der Waals surface area contributed by atoms with E-state index >= 15 is 0 Å². The lowest BCUT2D eigenvalue weighted by Crippen LogP contribution is -2.43. The van der Waals surface area contributed by atoms with Crippen molar-refractivity contribution in [3.8, 4) is 16.9 Å². The Morgan fingerprint density at radius 1 is 0.952 bits per heavy atom. The van der Waals surface area contributed by atoms with Gasteiger partial charge in [-0.1, -0.05) is 51.1 Å². The van der Waals surface area contributed by atoms with E-state index < -0.39 is 8.32 Å². The summed E-state index contributed by atoms with van der Waals surface area (Å²) in [4.78, 5) is 0. The van der Waals surface area contributed by atoms with E-state index in [1.54, 1.807) is 0 Å². The van der Waals surface area contributed by atoms with Crippen LogP contribution in [0.4, 0.5) is 5.69 Å². The second kappa shape index (κ2) is 5.56. The fourth-order valence-corrected chi connectivity index (χ4v) is 2.96. The Balaban J connectivity index is 2.33. The van der Waals surface area contributed by atoms with Gasteiger partial charge < -0.3 is 10.2 Å². The van der Waals surface area contributed by atoms with Crippen LogP contribution in [0.15, 0.2) is 48.5 Å². The highest BCUT2D eigenvalue weighted by Gasteiger charge is 2.38. The molecule has 0 spiro atoms. The van der Waals surface area contributed by atoms with Gasteiger partial charge in [0.15, 0.2) is 0 Å². The molecule has 0 saturated carbocycles. The molecule has 3 heteroatoms. The molecule has 2 rings (SSSR count). The summed E-state index contributed by atoms with van der Waals surface area (Å²) in [5.74, 6) is 0.933. The average Bonchev–Trinajstić information content (AvgIpc) is 2.37. The summed E-state index contributed by atoms with van der Waals surface area (Å²) in [5, 5.41) is 0.189. The maximum absolute atomic E-state index is 6.37. The second-order valence-electron chi connectivity index (χ2n) is 6.98. The SMILES string of the molecule is CC(C)(C)[Si](C)(C)Oc1cccc(-c2ccccc2N)c1. The second-order valence-corrected chi connectivity index (χ2v) is 11.7. The molecule has 0 aromatic heterocycles. The van der Waals surface area contributed by atoms with Gasteiger partial charge in [0.2, 0.25) is 8.32 Å². The zero-order chi connectivity index (χ0) is 15.7. The number of benzene rings is 2. The minimum absolute atomic E-state index is 0.189. The summed E-state index contributed by atoms with van der Waals surface area (Å²) in [6, 6.07) is 16.2. The molecule has 2 nitrogen and oxygen atoms in total. The van der Waals surface area contributed by atoms with Crippen LogP contribution in [0.5, 0.6) is 5.75 Å². The lowest BCUT2D eigenvalue weighted by molar-refractivity contribution is 0.492. The van der Waals surface area contributed by atoms with Gasteiger partial charge in [0.25, 0.3) is 0 Å². The van der Waals surface area contributed by atoms with Gasteiger partial charge in [-0.05, 0) is 41.9 Å². The highest BCUT2D eigenvalue weighted by molar-refractivity contribution is 6.74. The molecule has 0 heterocycles. The number of hydrogen-bond acceptors (Lipinski definition) is 2. The van der Waals surface area contributed by atoms with E-state index in [2.05, 4.69) is 46.0 Å². The van der Waals surface area contributed by atoms with Gasteiger partial charge in [-0.15, -0.1) is 0 Å². The first-order chi connectivity index (χ1) is 9.71. The number of para-hydroxylation sites is 1. The van der Waals surface area contributed by atoms with Crippen molar-refractivity contribution in [1.29, 1.82) is 0 Å². The normalized spacial score (nSPS) is 12.2. The molecule has 2 N–H and O–H groups in total. The third-order valence-corrected chi connectivity index (χ3v) is 8.64. The third-order valence-electron chi connectivity index (χ3n) is 4.29. The van der Waals surface area contributed by atoms with Gasteiger partial charge in [0.1, 0.15) is 5.75 Å². The third kappa shape index (κ3) is 3.48. The number of nitrogens with two attached hydrogens (primary N) is 1. The average molecular weight is 299 g/mol. The Labute approximate surface area is 129 Å². The predicted octanol–water partition coefficient (Wildman–Crippen LogP) is 5.32. The molecule has 2 aromatic carbocycles. The summed E-state index contributed by atoms with van der Waals surface area (Å²) in [5.41, 5.74) is 9.02. The van der Waals surface area contributed by atoms with Crippen molar-refractivity contribution in [3.05, 3.63) is 48.5 Å². The highest BCUT2D eigenvalue weighted by Crippen LogP contribution is 2.38. The van der Waals surface area contributed by atoms with Crippen molar-refractivity contribution in [2.75, 3.05) is 5.73 Å². The predicted molar refractivity (Wildman–Crippen MR) is 94.1 cm³/mol. The van der Waals surface area contributed by atoms with Crippen LogP contribution >= 0.6 is 0 Å². The summed E-state index contributed by atoms with van der Waals surface area (Å²) in [6.07, 6.45) is 0. The molecule has 0 unspecified atom stereocenters. The van der Waals surface area contributed by atoms with Crippen molar-refractivity contribution in [3.63, 3.8) is 0 Å². The molecule has 112 valence electrons. The minimum atomic E-state index is -1.81. The maximum Gasteiger partial charge on any atom is 0.250 e. The molecule has 0 fully saturated rings. The van der Waals surface area contributed by atoms with Gasteiger partial charge in [-0.3, -0.25) is 0 Å². The number of anilines is 1. The highest BCUT2D eigenvalue weighted by atomic mass is 28.4. The zero-order valence-electron chi connectivity index (χ0n) is 13.6. The Bertz CT molecular complexity index is 629. The van der Waals surface area contributed by atoms with Crippen molar-refractivity contribution in [1.82, 2.24) is 0 Å². The lowest BCUT2D eigenvalue weighted by Gasteiger charge is -2.36. The van der Waals surface area contributed by atoms with Crippen molar-refractivity contribution in [2.24, 2.45) is 0 Å². The Kier molecular flexibility index (Phi) is 4.15. The van der Waals surface area contributed by atoms with E-state index in [0.29, 0.717) is 0 Å². The van der Waals surface area contributed by atoms with Crippen LogP contribution in [-0.4, -0.2) is 8.32 Å². The largest absolute Gasteiger partial charge is 0.543 e. The molecular formula is C18H25NOSi. The van der Waals surface area contributed by atoms with Gasteiger partial charge >= 0.3 is 0 Å². The maximum atomic E-state index is 6.37. The fourth-order valence-electron chi connectivity index (χ4n) is 1.93. The minimum Gasteiger partial charge on any atom is -0.543 e. The Morgan fingerprint density at radius 2 is 1.62 bits per heavy atom. The summed E-state index contributed by atoms with van der Waals surface area (Å²) in [6.45, 7) is 11.3. The summed E-state index contributed by atoms with van der Waals surface area (Å²) in [7, 11) is -1.81. The lowest BCUT2D eigenvalue weighted by atomic mass is 10.0. The topological polar surface area (TPSA) is 35.2 Å². The molecule has 0 aliphatic rings. The molecule has 0 radical (unpaired) electrons. The number of nitrogen functional groups attached to an aromatic ring is 1. The van der Waals surface area contributed by atoms with E-state index in [4.69, 9.17) is 10.2 Å². The fraction of sp³-hybridized carbons (Fsp3) is 0.333. The van der Waals surface area contributed by atoms with Gasteiger partial charge in [0.05, 0.1) is 0 Å². The van der Waals surface area contributed by atoms with Crippen LogP contribution in [0.1, 0.15) is 20.8 Å². The molecule has 21 heavy (non-hydrogen) atoms. The van der Waals surface area contributed by atoms with E-state index in [1.807, 2.05) is 36.4 Å². The van der Waals surface area contributed by atoms with Crippen LogP contribution in [0.2, 0.25) is 18.1 Å². The first-order valence-electron chi connectivity index (χ1n) is 7.35. The summed E-state index contributed by atoms with van der Waals surface area (Å²) >= 11 is 0. The summed E-state index contributed by atoms with van der Waals surface area (Å²) < 4.78 is 6.37. The zero-order valence-corrected chi connectivity index (χ0v) is 14.6. The Morgan fingerprint density at radius 3 is 2.24 bits per heavy atom. The van der Waals surface area contributed by atoms with Crippen molar-refractivity contribution in [2.45, 2.75) is 38.9 Å². The molecule has 0 aliphatic heterocycles. The van der Waals surface area contributed by atoms with Crippen LogP contribution < -0.4 is 10.2 Å². The molecule has 0 saturated heterocycles. The van der Waals surface area contributed by atoms with E-state index in [1.165, 1.54) is 0 Å². The van der Waals surface area contributed by atoms with E-state index in [-0.39, 0.29) is 5.04 Å². The van der Waals surface area contributed by atoms with E-state index in [0.717, 1.165) is 22.6 Å². The molecule has 0 aliphatic carbocycles. The van der Waals surface area contributed by atoms with Crippen LogP contribution in [0.3, 0.4) is 0 Å². The molecule has 2 aromatic rings. The monoisotopic (exact) mass is 299 g/mol. The number of hydrogen-bond donors (Lipinski definition) is 1. The molecular weight excluding hydrogens is 274 g/mol. The first-order valence-corrected chi connectivity index (χ1v) is 10.3. The van der Waals surface area contributed by atoms with Crippen LogP contribution in [0.25, 0.3) is 11.1 Å². The standard InChI is InChI=1S/C18H25NOSi/c1-18(2,3)21(4,5)20-15-10-8-9-14(13-15)16-11-6-7-12-17(16)19/h6-13H,19H2,1-5H3. The van der Waals surface area contributed by atoms with Gasteiger partial charge in [0, 0.05) is 11.3 Å². The van der Waals surface area contributed by atoms with Gasteiger partial charge in [-0.25, -0.2) is 0 Å². The van der Waals surface area contributed by atoms with Crippen LogP contribution in [-0.2, 0) is 0 Å². The Hall–Kier alpha value is -1.74. The molecule has 0 atom stereocenters. The molecule has 0 bridgehead atoms. The quantitative estimate of drug-likeness (QED) is 0.615.